The van der Waals surface area contributed by atoms with Gasteiger partial charge in [-0.05, 0) is 61.5 Å². The van der Waals surface area contributed by atoms with Crippen molar-refractivity contribution in [2.45, 2.75) is 19.4 Å². The lowest BCUT2D eigenvalue weighted by Gasteiger charge is -2.50. The van der Waals surface area contributed by atoms with Gasteiger partial charge in [-0.2, -0.15) is 0 Å². The van der Waals surface area contributed by atoms with Crippen molar-refractivity contribution in [3.63, 3.8) is 0 Å². The molecule has 0 amide bonds. The Hall–Kier alpha value is -1.39. The Morgan fingerprint density at radius 1 is 1.13 bits per heavy atom. The number of nitrogens with one attached hydrogen (secondary N) is 1. The molecule has 4 heteroatoms. The standard InChI is InChI=1S/C19H22BrFN2/c1-2-22-12-11-15-13-23(18-9-7-17(21)8-10-18)19(15)14-3-5-16(20)6-4-14/h3-10,15,19,22H,2,11-13H2,1H3. The van der Waals surface area contributed by atoms with Gasteiger partial charge in [-0.3, -0.25) is 0 Å². The molecular weight excluding hydrogens is 355 g/mol. The Labute approximate surface area is 145 Å². The van der Waals surface area contributed by atoms with Crippen LogP contribution in [0.15, 0.2) is 53.0 Å². The molecule has 1 saturated heterocycles. The Bertz CT molecular complexity index is 627. The van der Waals surface area contributed by atoms with Gasteiger partial charge < -0.3 is 10.2 Å². The van der Waals surface area contributed by atoms with Crippen LogP contribution in [-0.4, -0.2) is 19.6 Å². The van der Waals surface area contributed by atoms with Crippen molar-refractivity contribution in [1.82, 2.24) is 5.32 Å². The third-order valence-electron chi connectivity index (χ3n) is 4.53. The van der Waals surface area contributed by atoms with E-state index in [9.17, 15) is 4.39 Å². The quantitative estimate of drug-likeness (QED) is 0.730. The molecule has 0 aromatic heterocycles. The molecule has 2 aromatic rings. The van der Waals surface area contributed by atoms with Crippen LogP contribution in [-0.2, 0) is 0 Å². The van der Waals surface area contributed by atoms with Crippen LogP contribution in [0.1, 0.15) is 24.9 Å². The molecule has 1 fully saturated rings. The number of hydrogen-bond donors (Lipinski definition) is 1. The molecule has 2 aromatic carbocycles. The minimum Gasteiger partial charge on any atom is -0.364 e. The first kappa shape index (κ1) is 16.5. The molecule has 0 spiro atoms. The molecule has 1 N–H and O–H groups in total. The van der Waals surface area contributed by atoms with Gasteiger partial charge in [0, 0.05) is 22.6 Å². The Kier molecular flexibility index (Phi) is 5.34. The summed E-state index contributed by atoms with van der Waals surface area (Å²) in [5.74, 6) is 0.443. The van der Waals surface area contributed by atoms with Crippen molar-refractivity contribution in [3.8, 4) is 0 Å². The molecule has 0 radical (unpaired) electrons. The first-order chi connectivity index (χ1) is 11.2. The van der Waals surface area contributed by atoms with Gasteiger partial charge in [-0.25, -0.2) is 4.39 Å². The molecular formula is C19H22BrFN2. The van der Waals surface area contributed by atoms with E-state index in [0.717, 1.165) is 36.2 Å². The van der Waals surface area contributed by atoms with Crippen LogP contribution >= 0.6 is 15.9 Å². The van der Waals surface area contributed by atoms with Crippen molar-refractivity contribution in [1.29, 1.82) is 0 Å². The molecule has 0 saturated carbocycles. The van der Waals surface area contributed by atoms with Crippen LogP contribution in [0.2, 0.25) is 0 Å². The van der Waals surface area contributed by atoms with Crippen molar-refractivity contribution in [3.05, 3.63) is 64.4 Å². The second-order valence-electron chi connectivity index (χ2n) is 6.03. The van der Waals surface area contributed by atoms with Gasteiger partial charge in [0.2, 0.25) is 0 Å². The summed E-state index contributed by atoms with van der Waals surface area (Å²) in [5, 5.41) is 3.41. The van der Waals surface area contributed by atoms with Gasteiger partial charge in [-0.1, -0.05) is 35.0 Å². The molecule has 2 nitrogen and oxygen atoms in total. The lowest BCUT2D eigenvalue weighted by molar-refractivity contribution is 0.277. The zero-order chi connectivity index (χ0) is 16.2. The zero-order valence-electron chi connectivity index (χ0n) is 13.3. The fourth-order valence-corrected chi connectivity index (χ4v) is 3.57. The van der Waals surface area contributed by atoms with E-state index in [1.54, 1.807) is 12.1 Å². The number of hydrogen-bond acceptors (Lipinski definition) is 2. The maximum atomic E-state index is 13.2. The third-order valence-corrected chi connectivity index (χ3v) is 5.05. The molecule has 3 rings (SSSR count). The van der Waals surface area contributed by atoms with Gasteiger partial charge in [0.05, 0.1) is 6.04 Å². The highest BCUT2D eigenvalue weighted by Crippen LogP contribution is 2.43. The molecule has 0 bridgehead atoms. The van der Waals surface area contributed by atoms with E-state index < -0.39 is 0 Å². The minimum absolute atomic E-state index is 0.182. The molecule has 0 aliphatic carbocycles. The van der Waals surface area contributed by atoms with Crippen LogP contribution < -0.4 is 10.2 Å². The van der Waals surface area contributed by atoms with E-state index in [1.165, 1.54) is 5.56 Å². The second-order valence-corrected chi connectivity index (χ2v) is 6.94. The van der Waals surface area contributed by atoms with Crippen molar-refractivity contribution in [2.75, 3.05) is 24.5 Å². The smallest absolute Gasteiger partial charge is 0.123 e. The van der Waals surface area contributed by atoms with E-state index in [1.807, 2.05) is 12.1 Å². The summed E-state index contributed by atoms with van der Waals surface area (Å²) < 4.78 is 14.3. The number of benzene rings is 2. The molecule has 1 heterocycles. The van der Waals surface area contributed by atoms with E-state index in [4.69, 9.17) is 0 Å². The predicted octanol–water partition coefficient (Wildman–Crippen LogP) is 4.77. The van der Waals surface area contributed by atoms with Crippen molar-refractivity contribution < 1.29 is 4.39 Å². The van der Waals surface area contributed by atoms with Crippen LogP contribution in [0.3, 0.4) is 0 Å². The summed E-state index contributed by atoms with van der Waals surface area (Å²) in [7, 11) is 0. The Morgan fingerprint density at radius 3 is 2.48 bits per heavy atom. The normalized spacial score (nSPS) is 20.4. The first-order valence-electron chi connectivity index (χ1n) is 8.17. The van der Waals surface area contributed by atoms with Gasteiger partial charge in [0.1, 0.15) is 5.82 Å². The maximum absolute atomic E-state index is 13.2. The zero-order valence-corrected chi connectivity index (χ0v) is 14.9. The van der Waals surface area contributed by atoms with Gasteiger partial charge in [-0.15, -0.1) is 0 Å². The van der Waals surface area contributed by atoms with E-state index in [-0.39, 0.29) is 5.82 Å². The Morgan fingerprint density at radius 2 is 1.83 bits per heavy atom. The number of anilines is 1. The highest BCUT2D eigenvalue weighted by Gasteiger charge is 2.39. The van der Waals surface area contributed by atoms with Crippen LogP contribution in [0, 0.1) is 11.7 Å². The van der Waals surface area contributed by atoms with E-state index in [2.05, 4.69) is 57.3 Å². The number of halogens is 2. The molecule has 1 aliphatic rings. The molecule has 1 aliphatic heterocycles. The summed E-state index contributed by atoms with van der Waals surface area (Å²) in [6.07, 6.45) is 1.16. The minimum atomic E-state index is -0.182. The van der Waals surface area contributed by atoms with Gasteiger partial charge in [0.25, 0.3) is 0 Å². The van der Waals surface area contributed by atoms with Crippen LogP contribution in [0.5, 0.6) is 0 Å². The monoisotopic (exact) mass is 376 g/mol. The first-order valence-corrected chi connectivity index (χ1v) is 8.96. The number of nitrogens with zero attached hydrogens (tertiary/aromatic N) is 1. The second kappa shape index (κ2) is 7.45. The number of rotatable bonds is 6. The average Bonchev–Trinajstić information content (AvgIpc) is 2.54. The third kappa shape index (κ3) is 3.75. The fourth-order valence-electron chi connectivity index (χ4n) is 3.31. The highest BCUT2D eigenvalue weighted by molar-refractivity contribution is 9.10. The van der Waals surface area contributed by atoms with E-state index >= 15 is 0 Å². The summed E-state index contributed by atoms with van der Waals surface area (Å²) >= 11 is 3.50. The predicted molar refractivity (Wildman–Crippen MR) is 97.3 cm³/mol. The van der Waals surface area contributed by atoms with E-state index in [0.29, 0.717) is 12.0 Å². The van der Waals surface area contributed by atoms with Gasteiger partial charge >= 0.3 is 0 Å². The summed E-state index contributed by atoms with van der Waals surface area (Å²) in [6, 6.07) is 15.8. The lowest BCUT2D eigenvalue weighted by atomic mass is 9.80. The highest BCUT2D eigenvalue weighted by atomic mass is 79.9. The molecule has 2 unspecified atom stereocenters. The van der Waals surface area contributed by atoms with Crippen LogP contribution in [0.25, 0.3) is 0 Å². The fraction of sp³-hybridized carbons (Fsp3) is 0.368. The SMILES string of the molecule is CCNCCC1CN(c2ccc(F)cc2)C1c1ccc(Br)cc1. The summed E-state index contributed by atoms with van der Waals surface area (Å²) in [6.45, 7) is 5.22. The maximum Gasteiger partial charge on any atom is 0.123 e. The van der Waals surface area contributed by atoms with Crippen molar-refractivity contribution >= 4 is 21.6 Å². The molecule has 23 heavy (non-hydrogen) atoms. The molecule has 2 atom stereocenters. The lowest BCUT2D eigenvalue weighted by Crippen LogP contribution is -2.50. The molecule has 122 valence electrons. The topological polar surface area (TPSA) is 15.3 Å². The summed E-state index contributed by atoms with van der Waals surface area (Å²) in [4.78, 5) is 2.37. The Balaban J connectivity index is 1.79. The van der Waals surface area contributed by atoms with Gasteiger partial charge in [0.15, 0.2) is 0 Å². The summed E-state index contributed by atoms with van der Waals surface area (Å²) in [5.41, 5.74) is 2.42. The largest absolute Gasteiger partial charge is 0.364 e. The van der Waals surface area contributed by atoms with Crippen molar-refractivity contribution in [2.24, 2.45) is 5.92 Å². The van der Waals surface area contributed by atoms with Crippen LogP contribution in [0.4, 0.5) is 10.1 Å². The average molecular weight is 377 g/mol.